The molecule has 1 rings (SSSR count). The predicted molar refractivity (Wildman–Crippen MR) is 40.7 cm³/mol. The van der Waals surface area contributed by atoms with Crippen molar-refractivity contribution in [3.8, 4) is 0 Å². The van der Waals surface area contributed by atoms with Crippen LogP contribution in [0.2, 0.25) is 0 Å². The Hall–Kier alpha value is -0.770. The van der Waals surface area contributed by atoms with Gasteiger partial charge in [-0.2, -0.15) is 0 Å². The fourth-order valence-electron chi connectivity index (χ4n) is 0.633. The number of aliphatic imine (C=N–C) groups is 1. The molecule has 10 heavy (non-hydrogen) atoms. The molecule has 53 valence electrons. The zero-order valence-corrected chi connectivity index (χ0v) is 6.31. The van der Waals surface area contributed by atoms with E-state index in [2.05, 4.69) is 4.99 Å². The molecular weight excluding hydrogens is 150 g/mol. The van der Waals surface area contributed by atoms with Gasteiger partial charge in [0.2, 0.25) is 0 Å². The Morgan fingerprint density at radius 1 is 1.90 bits per heavy atom. The second-order valence-electron chi connectivity index (χ2n) is 1.93. The fraction of sp³-hybridized carbons (Fsp3) is 0.333. The highest BCUT2D eigenvalue weighted by molar-refractivity contribution is 8.15. The number of hydrogen-bond donors (Lipinski definition) is 1. The molecule has 3 nitrogen and oxygen atoms in total. The minimum atomic E-state index is -0.799. The molecule has 0 saturated heterocycles. The van der Waals surface area contributed by atoms with Gasteiger partial charge in [-0.05, 0) is 11.8 Å². The number of hydrogen-bond acceptors (Lipinski definition) is 3. The first-order valence-electron chi connectivity index (χ1n) is 2.81. The van der Waals surface area contributed by atoms with E-state index in [9.17, 15) is 4.79 Å². The van der Waals surface area contributed by atoms with Gasteiger partial charge in [0.1, 0.15) is 0 Å². The van der Waals surface area contributed by atoms with Crippen LogP contribution >= 0.6 is 11.8 Å². The third-order valence-electron chi connectivity index (χ3n) is 1.16. The Morgan fingerprint density at radius 2 is 2.60 bits per heavy atom. The van der Waals surface area contributed by atoms with Gasteiger partial charge in [0.25, 0.3) is 11.2 Å². The average molecular weight is 157 g/mol. The lowest BCUT2D eigenvalue weighted by Crippen LogP contribution is -1.95. The van der Waals surface area contributed by atoms with Crippen LogP contribution in [-0.2, 0) is 4.79 Å². The van der Waals surface area contributed by atoms with Crippen molar-refractivity contribution in [2.75, 3.05) is 0 Å². The summed E-state index contributed by atoms with van der Waals surface area (Å²) in [5, 5.41) is 8.39. The minimum Gasteiger partial charge on any atom is -0.481 e. The van der Waals surface area contributed by atoms with Crippen molar-refractivity contribution in [1.29, 1.82) is 0 Å². The molecule has 1 aliphatic heterocycles. The summed E-state index contributed by atoms with van der Waals surface area (Å²) in [4.78, 5) is 15.0. The van der Waals surface area contributed by atoms with Gasteiger partial charge in [-0.15, -0.1) is 0 Å². The third-order valence-corrected chi connectivity index (χ3v) is 2.09. The van der Waals surface area contributed by atoms with Crippen LogP contribution in [0.3, 0.4) is 0 Å². The van der Waals surface area contributed by atoms with E-state index in [4.69, 9.17) is 5.11 Å². The monoisotopic (exact) mass is 157 g/mol. The Kier molecular flexibility index (Phi) is 2.11. The first-order valence-corrected chi connectivity index (χ1v) is 3.69. The molecule has 1 heterocycles. The van der Waals surface area contributed by atoms with E-state index in [1.54, 1.807) is 5.55 Å². The summed E-state index contributed by atoms with van der Waals surface area (Å²) >= 11 is 1.39. The molecule has 0 amide bonds. The highest BCUT2D eigenvalue weighted by Crippen LogP contribution is 2.23. The molecule has 1 aliphatic rings. The van der Waals surface area contributed by atoms with Crippen LogP contribution < -0.4 is 4.99 Å². The molecule has 0 spiro atoms. The molecule has 1 radical (unpaired) electrons. The maximum atomic E-state index is 10.2. The summed E-state index contributed by atoms with van der Waals surface area (Å²) in [6.07, 6.45) is 0.0938. The summed E-state index contributed by atoms with van der Waals surface area (Å²) in [5.41, 5.74) is 2.49. The van der Waals surface area contributed by atoms with Crippen LogP contribution in [-0.4, -0.2) is 16.6 Å². The number of carboxylic acid groups (broad SMARTS) is 1. The van der Waals surface area contributed by atoms with Gasteiger partial charge >= 0.3 is 5.97 Å². The van der Waals surface area contributed by atoms with Crippen molar-refractivity contribution < 1.29 is 9.90 Å². The normalized spacial score (nSPS) is 16.5. The standard InChI is InChI=1S/C6H7NO2S/c1-4-5(2-6(8)9)10-3-7-4/h3H,2H2,1H3,(H,8,9)/q+1. The third kappa shape index (κ3) is 1.60. The lowest BCUT2D eigenvalue weighted by molar-refractivity contribution is -0.136. The Balaban J connectivity index is 2.59. The maximum Gasteiger partial charge on any atom is 0.308 e. The molecule has 0 fully saturated rings. The molecule has 0 unspecified atom stereocenters. The summed E-state index contributed by atoms with van der Waals surface area (Å²) in [6, 6.07) is 0. The van der Waals surface area contributed by atoms with Crippen molar-refractivity contribution in [3.63, 3.8) is 0 Å². The molecule has 4 heteroatoms. The number of carboxylic acids is 1. The number of nitrogens with zero attached hydrogens (tertiary/aromatic N) is 1. The maximum absolute atomic E-state index is 10.2. The smallest absolute Gasteiger partial charge is 0.308 e. The van der Waals surface area contributed by atoms with Crippen LogP contribution in [0.1, 0.15) is 13.3 Å². The van der Waals surface area contributed by atoms with Gasteiger partial charge in [-0.3, -0.25) is 4.79 Å². The largest absolute Gasteiger partial charge is 0.481 e. The van der Waals surface area contributed by atoms with Gasteiger partial charge in [0, 0.05) is 6.92 Å². The predicted octanol–water partition coefficient (Wildman–Crippen LogP) is 0.803. The van der Waals surface area contributed by atoms with Gasteiger partial charge < -0.3 is 5.11 Å². The first-order chi connectivity index (χ1) is 4.70. The summed E-state index contributed by atoms with van der Waals surface area (Å²) < 4.78 is 0. The molecule has 0 bridgehead atoms. The Labute approximate surface area is 62.8 Å². The molecular formula is C6H7NO2S+. The van der Waals surface area contributed by atoms with Crippen LogP contribution in [0.15, 0.2) is 10.6 Å². The van der Waals surface area contributed by atoms with E-state index < -0.39 is 5.97 Å². The van der Waals surface area contributed by atoms with Gasteiger partial charge in [0.15, 0.2) is 0 Å². The molecule has 0 aromatic carbocycles. The lowest BCUT2D eigenvalue weighted by Gasteiger charge is -1.88. The van der Waals surface area contributed by atoms with Crippen molar-refractivity contribution in [2.24, 2.45) is 0 Å². The summed E-state index contributed by atoms with van der Waals surface area (Å²) in [6.45, 7) is 1.81. The number of carbonyl (C=O) groups is 1. The van der Waals surface area contributed by atoms with Crippen molar-refractivity contribution in [2.45, 2.75) is 13.3 Å². The Morgan fingerprint density at radius 3 is 3.00 bits per heavy atom. The lowest BCUT2D eigenvalue weighted by atomic mass is 10.3. The van der Waals surface area contributed by atoms with E-state index >= 15 is 0 Å². The Bertz CT molecular complexity index is 220. The van der Waals surface area contributed by atoms with Gasteiger partial charge in [-0.1, -0.05) is 0 Å². The van der Waals surface area contributed by atoms with E-state index in [-0.39, 0.29) is 6.42 Å². The van der Waals surface area contributed by atoms with Crippen LogP contribution in [0.4, 0.5) is 0 Å². The average Bonchev–Trinajstić information content (AvgIpc) is 2.15. The zero-order valence-electron chi connectivity index (χ0n) is 5.50. The van der Waals surface area contributed by atoms with Gasteiger partial charge in [0.05, 0.1) is 16.3 Å². The van der Waals surface area contributed by atoms with E-state index in [1.165, 1.54) is 11.8 Å². The SMILES string of the molecule is CC1=C(CC(=O)O)SC=[N+]1. The van der Waals surface area contributed by atoms with Crippen molar-refractivity contribution in [1.82, 2.24) is 4.99 Å². The molecule has 1 N–H and O–H groups in total. The highest BCUT2D eigenvalue weighted by Gasteiger charge is 2.20. The molecule has 0 aliphatic carbocycles. The molecule has 0 atom stereocenters. The number of rotatable bonds is 2. The number of allylic oxidation sites excluding steroid dienone is 1. The molecule has 0 aromatic rings. The fourth-order valence-corrected chi connectivity index (χ4v) is 1.40. The molecule has 0 aromatic heterocycles. The number of thioether (sulfide) groups is 1. The topological polar surface area (TPSA) is 51.4 Å². The minimum absolute atomic E-state index is 0.0938. The van der Waals surface area contributed by atoms with Crippen LogP contribution in [0.5, 0.6) is 0 Å². The van der Waals surface area contributed by atoms with Gasteiger partial charge in [-0.25, -0.2) is 0 Å². The molecule has 0 saturated carbocycles. The van der Waals surface area contributed by atoms with Crippen LogP contribution in [0.25, 0.3) is 0 Å². The second kappa shape index (κ2) is 2.88. The van der Waals surface area contributed by atoms with Crippen LogP contribution in [0, 0.1) is 0 Å². The second-order valence-corrected chi connectivity index (χ2v) is 2.87. The number of aliphatic carboxylic acids is 1. The quantitative estimate of drug-likeness (QED) is 0.645. The zero-order chi connectivity index (χ0) is 7.56. The van der Waals surface area contributed by atoms with E-state index in [1.807, 2.05) is 6.92 Å². The highest BCUT2D eigenvalue weighted by atomic mass is 32.2. The summed E-state index contributed by atoms with van der Waals surface area (Å²) in [7, 11) is 0. The van der Waals surface area contributed by atoms with E-state index in [0.717, 1.165) is 10.6 Å². The summed E-state index contributed by atoms with van der Waals surface area (Å²) in [5.74, 6) is -0.799. The first kappa shape index (κ1) is 7.34. The van der Waals surface area contributed by atoms with E-state index in [0.29, 0.717) is 0 Å². The van der Waals surface area contributed by atoms with Crippen molar-refractivity contribution in [3.05, 3.63) is 10.6 Å². The van der Waals surface area contributed by atoms with Crippen molar-refractivity contribution >= 4 is 23.3 Å².